The van der Waals surface area contributed by atoms with Gasteiger partial charge in [0.25, 0.3) is 0 Å². The molecule has 0 bridgehead atoms. The van der Waals surface area contributed by atoms with Gasteiger partial charge in [0.2, 0.25) is 0 Å². The number of aryl methyl sites for hydroxylation is 1. The van der Waals surface area contributed by atoms with Crippen molar-refractivity contribution in [3.8, 4) is 11.4 Å². The summed E-state index contributed by atoms with van der Waals surface area (Å²) in [7, 11) is 0. The molecule has 2 heterocycles. The van der Waals surface area contributed by atoms with Crippen molar-refractivity contribution in [1.82, 2.24) is 14.6 Å². The number of fused-ring (bicyclic) bond motifs is 1. The first-order valence-corrected chi connectivity index (χ1v) is 5.41. The fourth-order valence-electron chi connectivity index (χ4n) is 1.74. The van der Waals surface area contributed by atoms with E-state index in [1.807, 2.05) is 49.5 Å². The van der Waals surface area contributed by atoms with Crippen LogP contribution >= 0.6 is 0 Å². The van der Waals surface area contributed by atoms with Crippen LogP contribution in [0.2, 0.25) is 0 Å². The van der Waals surface area contributed by atoms with Gasteiger partial charge in [-0.25, -0.2) is 9.50 Å². The predicted octanol–water partition coefficient (Wildman–Crippen LogP) is 2.29. The fourth-order valence-corrected chi connectivity index (χ4v) is 1.74. The maximum atomic E-state index is 5.65. The number of hydrogen-bond donors (Lipinski definition) is 1. The molecule has 4 heteroatoms. The molecule has 3 aromatic rings. The molecule has 4 nitrogen and oxygen atoms in total. The molecule has 0 saturated heterocycles. The largest absolute Gasteiger partial charge is 0.399 e. The molecule has 0 saturated carbocycles. The molecule has 0 fully saturated rings. The lowest BCUT2D eigenvalue weighted by molar-refractivity contribution is 0.956. The summed E-state index contributed by atoms with van der Waals surface area (Å²) < 4.78 is 1.79. The summed E-state index contributed by atoms with van der Waals surface area (Å²) in [4.78, 5) is 4.46. The van der Waals surface area contributed by atoms with Gasteiger partial charge in [-0.3, -0.25) is 0 Å². The summed E-state index contributed by atoms with van der Waals surface area (Å²) in [6.45, 7) is 2.03. The van der Waals surface area contributed by atoms with Crippen LogP contribution in [0.15, 0.2) is 42.6 Å². The molecule has 0 radical (unpaired) electrons. The molecule has 0 atom stereocenters. The second kappa shape index (κ2) is 3.59. The molecule has 0 amide bonds. The summed E-state index contributed by atoms with van der Waals surface area (Å²) >= 11 is 0. The van der Waals surface area contributed by atoms with Gasteiger partial charge in [-0.05, 0) is 42.8 Å². The number of rotatable bonds is 1. The van der Waals surface area contributed by atoms with Gasteiger partial charge in [-0.2, -0.15) is 0 Å². The maximum absolute atomic E-state index is 5.65. The number of nitrogen functional groups attached to an aromatic ring is 1. The van der Waals surface area contributed by atoms with Crippen LogP contribution in [-0.2, 0) is 0 Å². The molecule has 2 N–H and O–H groups in total. The second-order valence-corrected chi connectivity index (χ2v) is 4.07. The molecule has 3 rings (SSSR count). The summed E-state index contributed by atoms with van der Waals surface area (Å²) in [6.07, 6.45) is 1.96. The first-order valence-electron chi connectivity index (χ1n) is 5.41. The van der Waals surface area contributed by atoms with Gasteiger partial charge < -0.3 is 5.73 Å². The van der Waals surface area contributed by atoms with Crippen molar-refractivity contribution >= 4 is 11.3 Å². The highest BCUT2D eigenvalue weighted by molar-refractivity contribution is 5.60. The van der Waals surface area contributed by atoms with E-state index >= 15 is 0 Å². The highest BCUT2D eigenvalue weighted by atomic mass is 15.3. The van der Waals surface area contributed by atoms with E-state index in [0.717, 1.165) is 28.3 Å². The van der Waals surface area contributed by atoms with E-state index in [0.29, 0.717) is 0 Å². The van der Waals surface area contributed by atoms with E-state index in [2.05, 4.69) is 10.1 Å². The zero-order valence-corrected chi connectivity index (χ0v) is 9.46. The van der Waals surface area contributed by atoms with Crippen LogP contribution in [0, 0.1) is 6.92 Å². The molecule has 84 valence electrons. The zero-order valence-electron chi connectivity index (χ0n) is 9.46. The van der Waals surface area contributed by atoms with E-state index in [4.69, 9.17) is 5.73 Å². The van der Waals surface area contributed by atoms with Crippen molar-refractivity contribution in [3.05, 3.63) is 48.2 Å². The van der Waals surface area contributed by atoms with Crippen LogP contribution in [0.5, 0.6) is 0 Å². The standard InChI is InChI=1S/C13H12N4/c1-9-2-7-12-15-13(16-17(12)8-9)10-3-5-11(14)6-4-10/h2-8H,14H2,1H3. The van der Waals surface area contributed by atoms with E-state index < -0.39 is 0 Å². The van der Waals surface area contributed by atoms with Gasteiger partial charge in [0, 0.05) is 17.4 Å². The average Bonchev–Trinajstić information content (AvgIpc) is 2.72. The lowest BCUT2D eigenvalue weighted by Gasteiger charge is -1.95. The minimum absolute atomic E-state index is 0.718. The van der Waals surface area contributed by atoms with Crippen molar-refractivity contribution in [1.29, 1.82) is 0 Å². The lowest BCUT2D eigenvalue weighted by Crippen LogP contribution is -1.88. The molecule has 2 aromatic heterocycles. The van der Waals surface area contributed by atoms with Crippen molar-refractivity contribution in [2.75, 3.05) is 5.73 Å². The van der Waals surface area contributed by atoms with E-state index in [1.54, 1.807) is 4.52 Å². The molecule has 0 aliphatic heterocycles. The summed E-state index contributed by atoms with van der Waals surface area (Å²) in [6, 6.07) is 11.5. The molecule has 1 aromatic carbocycles. The van der Waals surface area contributed by atoms with Gasteiger partial charge in [0.1, 0.15) is 0 Å². The predicted molar refractivity (Wildman–Crippen MR) is 67.6 cm³/mol. The van der Waals surface area contributed by atoms with Crippen LogP contribution in [0.1, 0.15) is 5.56 Å². The van der Waals surface area contributed by atoms with Gasteiger partial charge in [0.05, 0.1) is 0 Å². The van der Waals surface area contributed by atoms with Crippen LogP contribution in [-0.4, -0.2) is 14.6 Å². The Labute approximate surface area is 98.7 Å². The van der Waals surface area contributed by atoms with Crippen LogP contribution in [0.4, 0.5) is 5.69 Å². The monoisotopic (exact) mass is 224 g/mol. The first kappa shape index (κ1) is 9.84. The molecular formula is C13H12N4. The fraction of sp³-hybridized carbons (Fsp3) is 0.0769. The zero-order chi connectivity index (χ0) is 11.8. The van der Waals surface area contributed by atoms with Crippen molar-refractivity contribution in [2.45, 2.75) is 6.92 Å². The Morgan fingerprint density at radius 1 is 1.06 bits per heavy atom. The lowest BCUT2D eigenvalue weighted by atomic mass is 10.2. The molecule has 0 aliphatic rings. The topological polar surface area (TPSA) is 56.2 Å². The van der Waals surface area contributed by atoms with Crippen LogP contribution in [0.3, 0.4) is 0 Å². The number of anilines is 1. The third kappa shape index (κ3) is 1.73. The molecule has 0 aliphatic carbocycles. The number of pyridine rings is 1. The van der Waals surface area contributed by atoms with E-state index in [-0.39, 0.29) is 0 Å². The number of aromatic nitrogens is 3. The van der Waals surface area contributed by atoms with Gasteiger partial charge in [0.15, 0.2) is 11.5 Å². The van der Waals surface area contributed by atoms with E-state index in [9.17, 15) is 0 Å². The van der Waals surface area contributed by atoms with Crippen molar-refractivity contribution in [3.63, 3.8) is 0 Å². The Balaban J connectivity index is 2.14. The minimum Gasteiger partial charge on any atom is -0.399 e. The highest BCUT2D eigenvalue weighted by Crippen LogP contribution is 2.17. The highest BCUT2D eigenvalue weighted by Gasteiger charge is 2.05. The Morgan fingerprint density at radius 3 is 2.59 bits per heavy atom. The normalized spacial score (nSPS) is 10.9. The Kier molecular flexibility index (Phi) is 2.08. The van der Waals surface area contributed by atoms with Crippen molar-refractivity contribution < 1.29 is 0 Å². The SMILES string of the molecule is Cc1ccc2nc(-c3ccc(N)cc3)nn2c1. The average molecular weight is 224 g/mol. The second-order valence-electron chi connectivity index (χ2n) is 4.07. The Hall–Kier alpha value is -2.36. The number of nitrogens with two attached hydrogens (primary N) is 1. The Bertz CT molecular complexity index is 667. The summed E-state index contributed by atoms with van der Waals surface area (Å²) in [5, 5.41) is 4.44. The minimum atomic E-state index is 0.718. The van der Waals surface area contributed by atoms with E-state index in [1.165, 1.54) is 0 Å². The van der Waals surface area contributed by atoms with Gasteiger partial charge in [-0.15, -0.1) is 5.10 Å². The quantitative estimate of drug-likeness (QED) is 0.645. The number of benzene rings is 1. The third-order valence-corrected chi connectivity index (χ3v) is 2.65. The molecule has 0 unspecified atom stereocenters. The number of nitrogens with zero attached hydrogens (tertiary/aromatic N) is 3. The summed E-state index contributed by atoms with van der Waals surface area (Å²) in [5.41, 5.74) is 9.38. The van der Waals surface area contributed by atoms with Crippen LogP contribution in [0.25, 0.3) is 17.0 Å². The first-order chi connectivity index (χ1) is 8.22. The molecule has 17 heavy (non-hydrogen) atoms. The van der Waals surface area contributed by atoms with Gasteiger partial charge in [-0.1, -0.05) is 6.07 Å². The van der Waals surface area contributed by atoms with Crippen molar-refractivity contribution in [2.24, 2.45) is 0 Å². The third-order valence-electron chi connectivity index (χ3n) is 2.65. The maximum Gasteiger partial charge on any atom is 0.182 e. The molecular weight excluding hydrogens is 212 g/mol. The molecule has 0 spiro atoms. The smallest absolute Gasteiger partial charge is 0.182 e. The van der Waals surface area contributed by atoms with Gasteiger partial charge >= 0.3 is 0 Å². The summed E-state index contributed by atoms with van der Waals surface area (Å²) in [5.74, 6) is 0.718. The Morgan fingerprint density at radius 2 is 1.82 bits per heavy atom. The van der Waals surface area contributed by atoms with Crippen LogP contribution < -0.4 is 5.73 Å². The number of hydrogen-bond acceptors (Lipinski definition) is 3.